The van der Waals surface area contributed by atoms with E-state index in [4.69, 9.17) is 24.7 Å². The van der Waals surface area contributed by atoms with Gasteiger partial charge in [0.15, 0.2) is 5.65 Å². The maximum atomic E-state index is 15.6. The van der Waals surface area contributed by atoms with Gasteiger partial charge in [-0.15, -0.1) is 0 Å². The average Bonchev–Trinajstić information content (AvgIpc) is 3.65. The molecule has 8 nitrogen and oxygen atoms in total. The summed E-state index contributed by atoms with van der Waals surface area (Å²) in [6.45, 7) is 7.88. The van der Waals surface area contributed by atoms with Crippen LogP contribution in [-0.4, -0.2) is 36.3 Å². The number of hydrogen-bond donors (Lipinski definition) is 0. The molecule has 0 bridgehead atoms. The topological polar surface area (TPSA) is 102 Å². The van der Waals surface area contributed by atoms with E-state index in [0.29, 0.717) is 52.9 Å². The van der Waals surface area contributed by atoms with Crippen LogP contribution in [0.4, 0.5) is 4.39 Å². The summed E-state index contributed by atoms with van der Waals surface area (Å²) >= 11 is 0. The van der Waals surface area contributed by atoms with Gasteiger partial charge >= 0.3 is 0 Å². The number of aryl methyl sites for hydroxylation is 2. The minimum Gasteiger partial charge on any atom is -0.373 e. The highest BCUT2D eigenvalue weighted by Gasteiger charge is 2.31. The summed E-state index contributed by atoms with van der Waals surface area (Å²) < 4.78 is 23.7. The summed E-state index contributed by atoms with van der Waals surface area (Å²) in [5.41, 5.74) is 4.06. The fraction of sp³-hybridized carbons (Fsp3) is 0.448. The molecular formula is C29H30FN7O. The maximum absolute atomic E-state index is 15.6. The molecule has 1 aliphatic heterocycles. The van der Waals surface area contributed by atoms with Crippen molar-refractivity contribution in [2.45, 2.75) is 76.9 Å². The predicted octanol–water partition coefficient (Wildman–Crippen LogP) is 5.81. The third kappa shape index (κ3) is 4.43. The molecule has 0 spiro atoms. The number of hydrogen-bond acceptors (Lipinski definition) is 7. The fourth-order valence-corrected chi connectivity index (χ4v) is 4.98. The molecule has 0 amide bonds. The zero-order valence-electron chi connectivity index (χ0n) is 22.1. The van der Waals surface area contributed by atoms with Gasteiger partial charge in [0, 0.05) is 29.8 Å². The van der Waals surface area contributed by atoms with Crippen LogP contribution in [0.2, 0.25) is 0 Å². The molecule has 1 aromatic carbocycles. The Morgan fingerprint density at radius 3 is 2.61 bits per heavy atom. The third-order valence-corrected chi connectivity index (χ3v) is 7.75. The predicted molar refractivity (Wildman–Crippen MR) is 140 cm³/mol. The first-order valence-corrected chi connectivity index (χ1v) is 13.1. The van der Waals surface area contributed by atoms with Crippen molar-refractivity contribution in [3.63, 3.8) is 0 Å². The highest BCUT2D eigenvalue weighted by atomic mass is 19.1. The molecule has 4 aromatic rings. The Hall–Kier alpha value is -3.77. The second kappa shape index (κ2) is 9.21. The van der Waals surface area contributed by atoms with Crippen LogP contribution in [0, 0.1) is 31.0 Å². The summed E-state index contributed by atoms with van der Waals surface area (Å²) in [6.07, 6.45) is 7.71. The van der Waals surface area contributed by atoms with Crippen molar-refractivity contribution in [2.75, 3.05) is 6.61 Å². The Kier molecular flexibility index (Phi) is 5.95. The van der Waals surface area contributed by atoms with Crippen molar-refractivity contribution in [3.8, 4) is 17.3 Å². The summed E-state index contributed by atoms with van der Waals surface area (Å²) in [7, 11) is 0. The van der Waals surface area contributed by atoms with Gasteiger partial charge < -0.3 is 4.74 Å². The van der Waals surface area contributed by atoms with E-state index in [-0.39, 0.29) is 12.0 Å². The molecule has 9 heteroatoms. The van der Waals surface area contributed by atoms with Crippen LogP contribution in [-0.2, 0) is 10.2 Å². The normalized spacial score (nSPS) is 20.0. The number of nitrogens with zero attached hydrogens (tertiary/aromatic N) is 7. The minimum atomic E-state index is -0.809. The number of aromatic nitrogens is 6. The lowest BCUT2D eigenvalue weighted by Crippen LogP contribution is -2.20. The fourth-order valence-electron chi connectivity index (χ4n) is 4.98. The molecule has 1 saturated heterocycles. The first-order chi connectivity index (χ1) is 18.2. The summed E-state index contributed by atoms with van der Waals surface area (Å²) in [5, 5.41) is 14.0. The molecule has 2 atom stereocenters. The first kappa shape index (κ1) is 24.6. The molecule has 1 aliphatic carbocycles. The highest BCUT2D eigenvalue weighted by Crippen LogP contribution is 2.40. The van der Waals surface area contributed by atoms with Crippen molar-refractivity contribution in [1.82, 2.24) is 29.7 Å². The number of ether oxygens (including phenoxy) is 1. The van der Waals surface area contributed by atoms with Crippen molar-refractivity contribution in [1.29, 1.82) is 5.26 Å². The van der Waals surface area contributed by atoms with E-state index in [0.717, 1.165) is 23.4 Å². The zero-order chi connectivity index (χ0) is 26.6. The van der Waals surface area contributed by atoms with E-state index >= 15 is 4.39 Å². The molecule has 3 aromatic heterocycles. The SMILES string of the molecule is Cc1nc2nc([C@H]3CCO[C@H](c4cnn(C5CC5)c4)C3)nc(-c3ccc(C(C)(C)C#N)cc3F)c2nc1C. The Bertz CT molecular complexity index is 1580. The molecule has 0 N–H and O–H groups in total. The van der Waals surface area contributed by atoms with Gasteiger partial charge in [-0.25, -0.2) is 24.3 Å². The van der Waals surface area contributed by atoms with Gasteiger partial charge in [-0.1, -0.05) is 6.07 Å². The quantitative estimate of drug-likeness (QED) is 0.333. The Balaban J connectivity index is 1.41. The first-order valence-electron chi connectivity index (χ1n) is 13.1. The summed E-state index contributed by atoms with van der Waals surface area (Å²) in [6, 6.07) is 7.64. The van der Waals surface area contributed by atoms with E-state index in [1.165, 1.54) is 18.9 Å². The van der Waals surface area contributed by atoms with E-state index < -0.39 is 11.2 Å². The number of fused-ring (bicyclic) bond motifs is 1. The van der Waals surface area contributed by atoms with Crippen LogP contribution < -0.4 is 0 Å². The molecule has 0 unspecified atom stereocenters. The lowest BCUT2D eigenvalue weighted by molar-refractivity contribution is 0.00396. The van der Waals surface area contributed by atoms with E-state index in [1.807, 2.05) is 24.7 Å². The molecule has 38 heavy (non-hydrogen) atoms. The van der Waals surface area contributed by atoms with E-state index in [2.05, 4.69) is 17.4 Å². The number of halogens is 1. The van der Waals surface area contributed by atoms with Crippen molar-refractivity contribution in [3.05, 3.63) is 64.7 Å². The van der Waals surface area contributed by atoms with Crippen LogP contribution in [0.15, 0.2) is 30.6 Å². The van der Waals surface area contributed by atoms with Gasteiger partial charge in [0.05, 0.1) is 41.2 Å². The molecule has 6 rings (SSSR count). The number of rotatable bonds is 5. The van der Waals surface area contributed by atoms with E-state index in [9.17, 15) is 5.26 Å². The Morgan fingerprint density at radius 1 is 1.08 bits per heavy atom. The second-order valence-electron chi connectivity index (χ2n) is 11.0. The molecule has 2 aliphatic rings. The molecule has 1 saturated carbocycles. The van der Waals surface area contributed by atoms with Crippen molar-refractivity contribution >= 4 is 11.2 Å². The third-order valence-electron chi connectivity index (χ3n) is 7.75. The summed E-state index contributed by atoms with van der Waals surface area (Å²) in [5.74, 6) is 0.187. The largest absolute Gasteiger partial charge is 0.373 e. The standard InChI is InChI=1S/C29H30FN7O/c1-16-17(2)34-28-26(33-16)25(22-8-5-20(12-23(22)30)29(3,4)15-31)35-27(36-28)18-9-10-38-24(11-18)19-13-32-37(14-19)21-6-7-21/h5,8,12-14,18,21,24H,6-7,9-11H2,1-4H3/t18-,24-/m0/s1. The van der Waals surface area contributed by atoms with Crippen LogP contribution in [0.25, 0.3) is 22.4 Å². The lowest BCUT2D eigenvalue weighted by atomic mass is 9.85. The average molecular weight is 512 g/mol. The van der Waals surface area contributed by atoms with Gasteiger partial charge in [0.2, 0.25) is 0 Å². The highest BCUT2D eigenvalue weighted by molar-refractivity contribution is 5.87. The molecule has 194 valence electrons. The molecule has 0 radical (unpaired) electrons. The van der Waals surface area contributed by atoms with E-state index in [1.54, 1.807) is 26.0 Å². The van der Waals surface area contributed by atoms with Gasteiger partial charge in [-0.2, -0.15) is 10.4 Å². The van der Waals surface area contributed by atoms with Crippen LogP contribution >= 0.6 is 0 Å². The lowest BCUT2D eigenvalue weighted by Gasteiger charge is -2.28. The maximum Gasteiger partial charge on any atom is 0.182 e. The number of nitriles is 1. The monoisotopic (exact) mass is 511 g/mol. The minimum absolute atomic E-state index is 0.0180. The van der Waals surface area contributed by atoms with Gasteiger partial charge in [-0.3, -0.25) is 4.68 Å². The van der Waals surface area contributed by atoms with Gasteiger partial charge in [0.1, 0.15) is 22.9 Å². The van der Waals surface area contributed by atoms with Crippen molar-refractivity contribution < 1.29 is 9.13 Å². The molecular weight excluding hydrogens is 481 g/mol. The van der Waals surface area contributed by atoms with Crippen LogP contribution in [0.3, 0.4) is 0 Å². The molecule has 2 fully saturated rings. The van der Waals surface area contributed by atoms with Crippen LogP contribution in [0.5, 0.6) is 0 Å². The van der Waals surface area contributed by atoms with Crippen molar-refractivity contribution in [2.24, 2.45) is 0 Å². The van der Waals surface area contributed by atoms with Gasteiger partial charge in [-0.05, 0) is 71.1 Å². The number of benzene rings is 1. The van der Waals surface area contributed by atoms with Crippen LogP contribution in [0.1, 0.15) is 85.9 Å². The Morgan fingerprint density at radius 2 is 1.87 bits per heavy atom. The Labute approximate surface area is 220 Å². The smallest absolute Gasteiger partial charge is 0.182 e. The van der Waals surface area contributed by atoms with Gasteiger partial charge in [0.25, 0.3) is 0 Å². The zero-order valence-corrected chi connectivity index (χ0v) is 22.1. The summed E-state index contributed by atoms with van der Waals surface area (Å²) in [4.78, 5) is 19.2. The second-order valence-corrected chi connectivity index (χ2v) is 11.0. The molecule has 4 heterocycles.